The lowest BCUT2D eigenvalue weighted by Crippen LogP contribution is -2.27. The number of carbonyl (C=O) groups excluding carboxylic acids is 1. The molecule has 2 nitrogen and oxygen atoms in total. The van der Waals surface area contributed by atoms with Crippen LogP contribution >= 0.6 is 11.6 Å². The van der Waals surface area contributed by atoms with Crippen molar-refractivity contribution in [3.63, 3.8) is 0 Å². The number of ketones is 1. The van der Waals surface area contributed by atoms with Crippen molar-refractivity contribution in [3.8, 4) is 0 Å². The van der Waals surface area contributed by atoms with Crippen LogP contribution in [0.5, 0.6) is 0 Å². The van der Waals surface area contributed by atoms with Crippen molar-refractivity contribution in [1.29, 1.82) is 0 Å². The molecule has 0 spiro atoms. The largest absolute Gasteiger partial charge is 0.360 e. The van der Waals surface area contributed by atoms with Gasteiger partial charge in [0.1, 0.15) is 0 Å². The molecule has 3 heteroatoms. The Bertz CT molecular complexity index is 623. The van der Waals surface area contributed by atoms with Crippen molar-refractivity contribution >= 4 is 28.3 Å². The molecule has 1 aromatic carbocycles. The Morgan fingerprint density at radius 3 is 2.79 bits per heavy atom. The van der Waals surface area contributed by atoms with Gasteiger partial charge in [0.15, 0.2) is 5.78 Å². The highest BCUT2D eigenvalue weighted by Crippen LogP contribution is 2.44. The first kappa shape index (κ1) is 12.7. The molecule has 1 heterocycles. The van der Waals surface area contributed by atoms with Gasteiger partial charge >= 0.3 is 0 Å². The third-order valence-electron chi connectivity index (χ3n) is 4.61. The number of Topliss-reactive ketones (excluding diaryl/α,β-unsaturated/α-hetero) is 1. The van der Waals surface area contributed by atoms with Crippen molar-refractivity contribution in [2.24, 2.45) is 5.41 Å². The summed E-state index contributed by atoms with van der Waals surface area (Å²) in [6, 6.07) is 5.67. The molecule has 0 unspecified atom stereocenters. The van der Waals surface area contributed by atoms with E-state index in [4.69, 9.17) is 11.6 Å². The second-order valence-electron chi connectivity index (χ2n) is 5.56. The van der Waals surface area contributed by atoms with Gasteiger partial charge in [-0.05, 0) is 37.5 Å². The first-order valence-corrected chi connectivity index (χ1v) is 7.35. The number of halogens is 1. The van der Waals surface area contributed by atoms with Gasteiger partial charge in [-0.15, -0.1) is 0 Å². The molecule has 0 radical (unpaired) electrons. The van der Waals surface area contributed by atoms with Gasteiger partial charge in [-0.2, -0.15) is 0 Å². The third kappa shape index (κ3) is 1.99. The maximum absolute atomic E-state index is 12.9. The van der Waals surface area contributed by atoms with Crippen LogP contribution in [0.15, 0.2) is 24.4 Å². The lowest BCUT2D eigenvalue weighted by Gasteiger charge is -2.25. The molecule has 100 valence electrons. The lowest BCUT2D eigenvalue weighted by atomic mass is 9.76. The molecule has 1 aliphatic rings. The van der Waals surface area contributed by atoms with E-state index in [1.54, 1.807) is 0 Å². The van der Waals surface area contributed by atoms with E-state index in [0.29, 0.717) is 10.8 Å². The highest BCUT2D eigenvalue weighted by molar-refractivity contribution is 6.31. The summed E-state index contributed by atoms with van der Waals surface area (Å²) in [7, 11) is 0. The lowest BCUT2D eigenvalue weighted by molar-refractivity contribution is 0.0793. The van der Waals surface area contributed by atoms with Crippen molar-refractivity contribution in [2.45, 2.75) is 39.0 Å². The number of nitrogens with one attached hydrogen (secondary N) is 1. The predicted molar refractivity (Wildman–Crippen MR) is 78.8 cm³/mol. The molecule has 0 bridgehead atoms. The van der Waals surface area contributed by atoms with E-state index in [-0.39, 0.29) is 5.41 Å². The smallest absolute Gasteiger partial charge is 0.171 e. The van der Waals surface area contributed by atoms with Crippen LogP contribution < -0.4 is 0 Å². The van der Waals surface area contributed by atoms with Crippen LogP contribution in [0.25, 0.3) is 10.9 Å². The van der Waals surface area contributed by atoms with Crippen LogP contribution in [0.2, 0.25) is 5.02 Å². The van der Waals surface area contributed by atoms with Gasteiger partial charge < -0.3 is 4.98 Å². The summed E-state index contributed by atoms with van der Waals surface area (Å²) in [4.78, 5) is 16.1. The summed E-state index contributed by atoms with van der Waals surface area (Å²) in [6.45, 7) is 2.13. The molecular formula is C16H18ClNO. The molecule has 0 atom stereocenters. The van der Waals surface area contributed by atoms with E-state index < -0.39 is 0 Å². The zero-order valence-corrected chi connectivity index (χ0v) is 11.9. The number of benzene rings is 1. The van der Waals surface area contributed by atoms with Gasteiger partial charge in [-0.3, -0.25) is 4.79 Å². The summed E-state index contributed by atoms with van der Waals surface area (Å²) in [6.07, 6.45) is 7.16. The van der Waals surface area contributed by atoms with Crippen molar-refractivity contribution in [2.75, 3.05) is 0 Å². The van der Waals surface area contributed by atoms with Crippen LogP contribution in [0.1, 0.15) is 49.4 Å². The second-order valence-corrected chi connectivity index (χ2v) is 6.00. The quantitative estimate of drug-likeness (QED) is 0.788. The zero-order valence-electron chi connectivity index (χ0n) is 11.1. The fraction of sp³-hybridized carbons (Fsp3) is 0.438. The number of carbonyl (C=O) groups is 1. The first-order chi connectivity index (χ1) is 9.16. The van der Waals surface area contributed by atoms with E-state index in [1.807, 2.05) is 24.4 Å². The minimum absolute atomic E-state index is 0.141. The summed E-state index contributed by atoms with van der Waals surface area (Å²) in [5.41, 5.74) is 1.65. The van der Waals surface area contributed by atoms with Crippen LogP contribution in [0.4, 0.5) is 0 Å². The molecular weight excluding hydrogens is 258 g/mol. The van der Waals surface area contributed by atoms with Crippen LogP contribution in [0, 0.1) is 5.41 Å². The second kappa shape index (κ2) is 4.68. The number of hydrogen-bond donors (Lipinski definition) is 1. The molecule has 0 aliphatic heterocycles. The Balaban J connectivity index is 2.08. The molecule has 1 aliphatic carbocycles. The van der Waals surface area contributed by atoms with Crippen LogP contribution in [-0.2, 0) is 0 Å². The molecule has 0 saturated heterocycles. The maximum atomic E-state index is 12.9. The molecule has 2 aromatic rings. The SMILES string of the molecule is CCC1(C(=O)c2c[nH]c3ccc(Cl)cc23)CCCC1. The Hall–Kier alpha value is -1.28. The Kier molecular flexibility index (Phi) is 3.14. The molecule has 1 fully saturated rings. The summed E-state index contributed by atoms with van der Waals surface area (Å²) >= 11 is 6.06. The van der Waals surface area contributed by atoms with E-state index >= 15 is 0 Å². The summed E-state index contributed by atoms with van der Waals surface area (Å²) in [5.74, 6) is 0.293. The number of rotatable bonds is 3. The standard InChI is InChI=1S/C16H18ClNO/c1-2-16(7-3-4-8-16)15(19)13-10-18-14-6-5-11(17)9-12(13)14/h5-6,9-10,18H,2-4,7-8H2,1H3. The Labute approximate surface area is 118 Å². The van der Waals surface area contributed by atoms with E-state index in [2.05, 4.69) is 11.9 Å². The summed E-state index contributed by atoms with van der Waals surface area (Å²) in [5, 5.41) is 1.63. The molecule has 3 rings (SSSR count). The first-order valence-electron chi connectivity index (χ1n) is 6.98. The Morgan fingerprint density at radius 1 is 1.37 bits per heavy atom. The fourth-order valence-electron chi connectivity index (χ4n) is 3.36. The van der Waals surface area contributed by atoms with E-state index in [9.17, 15) is 4.79 Å². The average molecular weight is 276 g/mol. The van der Waals surface area contributed by atoms with Gasteiger partial charge in [0, 0.05) is 33.1 Å². The van der Waals surface area contributed by atoms with Crippen LogP contribution in [0.3, 0.4) is 0 Å². The van der Waals surface area contributed by atoms with E-state index in [1.165, 1.54) is 12.8 Å². The minimum Gasteiger partial charge on any atom is -0.360 e. The predicted octanol–water partition coefficient (Wildman–Crippen LogP) is 4.97. The normalized spacial score (nSPS) is 18.0. The number of hydrogen-bond acceptors (Lipinski definition) is 1. The highest BCUT2D eigenvalue weighted by Gasteiger charge is 2.40. The number of aromatic nitrogens is 1. The monoisotopic (exact) mass is 275 g/mol. The van der Waals surface area contributed by atoms with Crippen LogP contribution in [-0.4, -0.2) is 10.8 Å². The molecule has 19 heavy (non-hydrogen) atoms. The topological polar surface area (TPSA) is 32.9 Å². The van der Waals surface area contributed by atoms with Gasteiger partial charge in [-0.1, -0.05) is 31.4 Å². The number of H-pyrrole nitrogens is 1. The average Bonchev–Trinajstić information content (AvgIpc) is 3.05. The zero-order chi connectivity index (χ0) is 13.5. The van der Waals surface area contributed by atoms with Gasteiger partial charge in [0.05, 0.1) is 0 Å². The van der Waals surface area contributed by atoms with Gasteiger partial charge in [0.25, 0.3) is 0 Å². The molecule has 0 amide bonds. The van der Waals surface area contributed by atoms with Crippen molar-refractivity contribution in [3.05, 3.63) is 35.0 Å². The third-order valence-corrected chi connectivity index (χ3v) is 4.84. The molecule has 1 aromatic heterocycles. The Morgan fingerprint density at radius 2 is 2.11 bits per heavy atom. The van der Waals surface area contributed by atoms with E-state index in [0.717, 1.165) is 35.7 Å². The van der Waals surface area contributed by atoms with Gasteiger partial charge in [0.2, 0.25) is 0 Å². The van der Waals surface area contributed by atoms with Gasteiger partial charge in [-0.25, -0.2) is 0 Å². The molecule has 1 saturated carbocycles. The molecule has 1 N–H and O–H groups in total. The number of fused-ring (bicyclic) bond motifs is 1. The maximum Gasteiger partial charge on any atom is 0.171 e. The summed E-state index contributed by atoms with van der Waals surface area (Å²) < 4.78 is 0. The van der Waals surface area contributed by atoms with Crippen molar-refractivity contribution < 1.29 is 4.79 Å². The van der Waals surface area contributed by atoms with Crippen molar-refractivity contribution in [1.82, 2.24) is 4.98 Å². The minimum atomic E-state index is -0.141. The highest BCUT2D eigenvalue weighted by atomic mass is 35.5. The fourth-order valence-corrected chi connectivity index (χ4v) is 3.53. The number of aromatic amines is 1.